The van der Waals surface area contributed by atoms with Crippen LogP contribution in [0.4, 0.5) is 0 Å². The first kappa shape index (κ1) is 7.07. The molecule has 0 aromatic heterocycles. The van der Waals surface area contributed by atoms with Crippen molar-refractivity contribution < 1.29 is 4.79 Å². The molecule has 0 atom stereocenters. The van der Waals surface area contributed by atoms with Crippen molar-refractivity contribution in [1.29, 1.82) is 0 Å². The summed E-state index contributed by atoms with van der Waals surface area (Å²) in [5.74, 6) is 0. The third-order valence-electron chi connectivity index (χ3n) is 0.384. The third-order valence-corrected chi connectivity index (χ3v) is 0.899. The first-order valence-electron chi connectivity index (χ1n) is 1.52. The lowest BCUT2D eigenvalue weighted by molar-refractivity contribution is -0.118. The number of nitrogens with one attached hydrogen (secondary N) is 1. The fourth-order valence-electron chi connectivity index (χ4n) is 0.0785. The lowest BCUT2D eigenvalue weighted by Crippen LogP contribution is -2.28. The van der Waals surface area contributed by atoms with Gasteiger partial charge in [-0.15, -0.1) is 11.6 Å². The van der Waals surface area contributed by atoms with Gasteiger partial charge in [-0.05, 0) is 0 Å². The van der Waals surface area contributed by atoms with Crippen molar-refractivity contribution in [1.82, 2.24) is 9.84 Å². The number of amides is 1. The summed E-state index contributed by atoms with van der Waals surface area (Å²) in [6.45, 7) is 0. The number of rotatable bonds is 3. The number of thiol groups is 1. The highest BCUT2D eigenvalue weighted by molar-refractivity contribution is 7.78. The molecule has 0 radical (unpaired) electrons. The molecule has 42 valence electrons. The number of carbonyl (C=O) groups excluding carboxylic acids is 1. The van der Waals surface area contributed by atoms with Crippen LogP contribution < -0.4 is 4.83 Å². The Morgan fingerprint density at radius 3 is 2.57 bits per heavy atom. The van der Waals surface area contributed by atoms with E-state index in [4.69, 9.17) is 11.6 Å². The van der Waals surface area contributed by atoms with Crippen LogP contribution in [0.25, 0.3) is 0 Å². The minimum absolute atomic E-state index is 0.104. The number of carbonyl (C=O) groups is 1. The Morgan fingerprint density at radius 1 is 2.00 bits per heavy atom. The number of hydrogen-bond acceptors (Lipinski definition) is 3. The Morgan fingerprint density at radius 2 is 2.57 bits per heavy atom. The number of alkyl halides is 1. The molecule has 0 aromatic rings. The Bertz CT molecular complexity index is 57.7. The second kappa shape index (κ2) is 4.23. The Balaban J connectivity index is 3.16. The van der Waals surface area contributed by atoms with Crippen molar-refractivity contribution in [2.45, 2.75) is 0 Å². The van der Waals surface area contributed by atoms with Gasteiger partial charge in [0.05, 0.1) is 0 Å². The second-order valence-corrected chi connectivity index (χ2v) is 1.23. The van der Waals surface area contributed by atoms with Crippen molar-refractivity contribution in [2.75, 3.05) is 6.00 Å². The summed E-state index contributed by atoms with van der Waals surface area (Å²) in [5, 5.41) is 1.07. The first-order valence-corrected chi connectivity index (χ1v) is 2.51. The van der Waals surface area contributed by atoms with Gasteiger partial charge in [-0.3, -0.25) is 9.80 Å². The van der Waals surface area contributed by atoms with Crippen LogP contribution in [0.1, 0.15) is 0 Å². The molecule has 0 unspecified atom stereocenters. The second-order valence-electron chi connectivity index (χ2n) is 0.795. The minimum Gasteiger partial charge on any atom is -0.277 e. The number of nitrogens with zero attached hydrogens (tertiary/aromatic N) is 1. The normalized spacial score (nSPS) is 8.29. The van der Waals surface area contributed by atoms with Crippen molar-refractivity contribution in [3.63, 3.8) is 0 Å². The number of hydrazine groups is 1. The summed E-state index contributed by atoms with van der Waals surface area (Å²) in [6, 6.07) is 0.104. The fraction of sp³-hybridized carbons (Fsp3) is 0.500. The van der Waals surface area contributed by atoms with Crippen LogP contribution in [0, 0.1) is 0 Å². The van der Waals surface area contributed by atoms with Gasteiger partial charge in [-0.25, -0.2) is 0 Å². The van der Waals surface area contributed by atoms with Crippen LogP contribution >= 0.6 is 24.4 Å². The molecular formula is C2H5ClN2OS. The topological polar surface area (TPSA) is 32.3 Å². The fourth-order valence-corrected chi connectivity index (χ4v) is 0.396. The monoisotopic (exact) mass is 140 g/mol. The van der Waals surface area contributed by atoms with Gasteiger partial charge in [-0.2, -0.15) is 4.83 Å². The van der Waals surface area contributed by atoms with Crippen molar-refractivity contribution in [3.8, 4) is 0 Å². The maximum atomic E-state index is 9.70. The van der Waals surface area contributed by atoms with E-state index in [0.717, 1.165) is 5.01 Å². The SMILES string of the molecule is O=CN(CCl)NS. The summed E-state index contributed by atoms with van der Waals surface area (Å²) in [5.41, 5.74) is 0. The summed E-state index contributed by atoms with van der Waals surface area (Å²) >= 11 is 8.69. The van der Waals surface area contributed by atoms with Crippen molar-refractivity contribution in [3.05, 3.63) is 0 Å². The van der Waals surface area contributed by atoms with Crippen LogP contribution in [0.5, 0.6) is 0 Å². The van der Waals surface area contributed by atoms with Crippen LogP contribution in [-0.2, 0) is 4.79 Å². The van der Waals surface area contributed by atoms with Crippen LogP contribution in [0.2, 0.25) is 0 Å². The third kappa shape index (κ3) is 2.73. The van der Waals surface area contributed by atoms with Crippen molar-refractivity contribution in [2.24, 2.45) is 0 Å². The highest BCUT2D eigenvalue weighted by Crippen LogP contribution is 1.79. The van der Waals surface area contributed by atoms with E-state index >= 15 is 0 Å². The first-order chi connectivity index (χ1) is 3.35. The lowest BCUT2D eigenvalue weighted by atomic mass is 11.1. The molecule has 1 N–H and O–H groups in total. The highest BCUT2D eigenvalue weighted by Gasteiger charge is 1.88. The van der Waals surface area contributed by atoms with E-state index in [1.807, 2.05) is 0 Å². The van der Waals surface area contributed by atoms with Gasteiger partial charge in [0, 0.05) is 0 Å². The van der Waals surface area contributed by atoms with Crippen LogP contribution in [0.3, 0.4) is 0 Å². The van der Waals surface area contributed by atoms with E-state index in [1.54, 1.807) is 0 Å². The quantitative estimate of drug-likeness (QED) is 0.190. The maximum absolute atomic E-state index is 9.70. The van der Waals surface area contributed by atoms with Gasteiger partial charge in [-0.1, -0.05) is 12.8 Å². The standard InChI is InChI=1S/C2H5ClN2OS/c3-1-5(2-6)4-7/h2,4,7H,1H2. The average molecular weight is 141 g/mol. The van der Waals surface area contributed by atoms with E-state index in [2.05, 4.69) is 17.6 Å². The smallest absolute Gasteiger partial charge is 0.225 e. The summed E-state index contributed by atoms with van der Waals surface area (Å²) in [6.07, 6.45) is 0.542. The largest absolute Gasteiger partial charge is 0.277 e. The summed E-state index contributed by atoms with van der Waals surface area (Å²) in [4.78, 5) is 11.9. The predicted molar refractivity (Wildman–Crippen MR) is 30.7 cm³/mol. The zero-order valence-corrected chi connectivity index (χ0v) is 5.12. The molecule has 0 spiro atoms. The Hall–Kier alpha value is 0.0700. The summed E-state index contributed by atoms with van der Waals surface area (Å²) < 4.78 is 0. The van der Waals surface area contributed by atoms with E-state index in [-0.39, 0.29) is 6.00 Å². The molecule has 0 saturated heterocycles. The van der Waals surface area contributed by atoms with E-state index in [9.17, 15) is 4.79 Å². The lowest BCUT2D eigenvalue weighted by Gasteiger charge is -2.07. The van der Waals surface area contributed by atoms with Crippen LogP contribution in [0.15, 0.2) is 0 Å². The van der Waals surface area contributed by atoms with E-state index in [0.29, 0.717) is 6.41 Å². The molecule has 0 fully saturated rings. The molecule has 1 amide bonds. The molecule has 0 aliphatic rings. The van der Waals surface area contributed by atoms with Crippen LogP contribution in [-0.4, -0.2) is 17.4 Å². The minimum atomic E-state index is 0.104. The molecule has 0 aromatic carbocycles. The van der Waals surface area contributed by atoms with Gasteiger partial charge in [0.1, 0.15) is 6.00 Å². The van der Waals surface area contributed by atoms with Gasteiger partial charge < -0.3 is 0 Å². The molecule has 0 aliphatic carbocycles. The number of halogens is 1. The van der Waals surface area contributed by atoms with Gasteiger partial charge >= 0.3 is 0 Å². The van der Waals surface area contributed by atoms with Crippen molar-refractivity contribution >= 4 is 30.8 Å². The van der Waals surface area contributed by atoms with Gasteiger partial charge in [0.2, 0.25) is 6.41 Å². The van der Waals surface area contributed by atoms with E-state index in [1.165, 1.54) is 0 Å². The molecule has 0 heterocycles. The average Bonchev–Trinajstić information content (AvgIpc) is 1.72. The molecule has 0 rings (SSSR count). The summed E-state index contributed by atoms with van der Waals surface area (Å²) in [7, 11) is 0. The Labute approximate surface area is 52.1 Å². The molecule has 3 nitrogen and oxygen atoms in total. The highest BCUT2D eigenvalue weighted by atomic mass is 35.5. The zero-order chi connectivity index (χ0) is 5.70. The van der Waals surface area contributed by atoms with Gasteiger partial charge in [0.15, 0.2) is 0 Å². The molecule has 7 heavy (non-hydrogen) atoms. The Kier molecular flexibility index (Phi) is 4.28. The number of hydrogen-bond donors (Lipinski definition) is 2. The van der Waals surface area contributed by atoms with Gasteiger partial charge in [0.25, 0.3) is 0 Å². The molecular weight excluding hydrogens is 136 g/mol. The zero-order valence-electron chi connectivity index (χ0n) is 3.47. The maximum Gasteiger partial charge on any atom is 0.225 e. The predicted octanol–water partition coefficient (Wildman–Crippen LogP) is -0.00950. The molecule has 5 heteroatoms. The molecule has 0 saturated carbocycles. The molecule has 0 aliphatic heterocycles. The van der Waals surface area contributed by atoms with E-state index < -0.39 is 0 Å². The molecule has 0 bridgehead atoms.